The SMILES string of the molecule is CCC(CCCSc1cccc(Cl)c1)(NC1CC1)C(=O)O. The van der Waals surface area contributed by atoms with Gasteiger partial charge in [-0.1, -0.05) is 24.6 Å². The van der Waals surface area contributed by atoms with E-state index in [2.05, 4.69) is 5.32 Å². The molecule has 0 amide bonds. The molecule has 21 heavy (non-hydrogen) atoms. The standard InChI is InChI=1S/C16H22ClNO2S/c1-2-16(15(19)20,18-13-7-8-13)9-4-10-21-14-6-3-5-12(17)11-14/h3,5-6,11,13,18H,2,4,7-10H2,1H3,(H,19,20). The lowest BCUT2D eigenvalue weighted by Gasteiger charge is -2.29. The van der Waals surface area contributed by atoms with Crippen molar-refractivity contribution in [2.75, 3.05) is 5.75 Å². The average molecular weight is 328 g/mol. The van der Waals surface area contributed by atoms with E-state index in [9.17, 15) is 9.90 Å². The molecule has 0 radical (unpaired) electrons. The molecule has 0 saturated heterocycles. The number of hydrogen-bond donors (Lipinski definition) is 2. The third-order valence-electron chi connectivity index (χ3n) is 3.88. The highest BCUT2D eigenvalue weighted by atomic mass is 35.5. The molecule has 1 aromatic carbocycles. The van der Waals surface area contributed by atoms with E-state index in [0.717, 1.165) is 34.9 Å². The van der Waals surface area contributed by atoms with Crippen LogP contribution in [0, 0.1) is 0 Å². The maximum atomic E-state index is 11.6. The third-order valence-corrected chi connectivity index (χ3v) is 5.20. The summed E-state index contributed by atoms with van der Waals surface area (Å²) in [6, 6.07) is 8.17. The molecule has 0 spiro atoms. The number of carboxylic acid groups (broad SMARTS) is 1. The van der Waals surface area contributed by atoms with Crippen LogP contribution in [0.15, 0.2) is 29.2 Å². The number of carboxylic acids is 1. The second-order valence-corrected chi connectivity index (χ2v) is 7.17. The van der Waals surface area contributed by atoms with Crippen LogP contribution in [-0.2, 0) is 4.79 Å². The molecule has 0 bridgehead atoms. The van der Waals surface area contributed by atoms with Crippen molar-refractivity contribution < 1.29 is 9.90 Å². The molecule has 2 N–H and O–H groups in total. The fourth-order valence-corrected chi connectivity index (χ4v) is 3.57. The number of thioether (sulfide) groups is 1. The van der Waals surface area contributed by atoms with Crippen LogP contribution in [0.4, 0.5) is 0 Å². The topological polar surface area (TPSA) is 49.3 Å². The van der Waals surface area contributed by atoms with Crippen molar-refractivity contribution in [1.82, 2.24) is 5.32 Å². The quantitative estimate of drug-likeness (QED) is 0.527. The van der Waals surface area contributed by atoms with Crippen molar-refractivity contribution in [3.05, 3.63) is 29.3 Å². The van der Waals surface area contributed by atoms with Gasteiger partial charge in [-0.25, -0.2) is 0 Å². The van der Waals surface area contributed by atoms with Crippen molar-refractivity contribution in [3.8, 4) is 0 Å². The predicted octanol–water partition coefficient (Wildman–Crippen LogP) is 4.20. The maximum Gasteiger partial charge on any atom is 0.323 e. The van der Waals surface area contributed by atoms with Crippen LogP contribution in [0.2, 0.25) is 5.02 Å². The Labute approximate surface area is 135 Å². The monoisotopic (exact) mass is 327 g/mol. The lowest BCUT2D eigenvalue weighted by molar-refractivity contribution is -0.145. The summed E-state index contributed by atoms with van der Waals surface area (Å²) in [6.45, 7) is 1.95. The second kappa shape index (κ2) is 7.52. The van der Waals surface area contributed by atoms with Crippen LogP contribution < -0.4 is 5.32 Å². The number of carbonyl (C=O) groups is 1. The molecule has 1 atom stereocenters. The van der Waals surface area contributed by atoms with Gasteiger partial charge in [0.15, 0.2) is 0 Å². The Morgan fingerprint density at radius 2 is 2.29 bits per heavy atom. The van der Waals surface area contributed by atoms with Gasteiger partial charge in [0.25, 0.3) is 0 Å². The molecule has 5 heteroatoms. The van der Waals surface area contributed by atoms with Gasteiger partial charge in [-0.05, 0) is 56.1 Å². The smallest absolute Gasteiger partial charge is 0.323 e. The van der Waals surface area contributed by atoms with Gasteiger partial charge in [0.2, 0.25) is 0 Å². The van der Waals surface area contributed by atoms with Crippen LogP contribution in [-0.4, -0.2) is 28.4 Å². The Morgan fingerprint density at radius 1 is 1.52 bits per heavy atom. The molecule has 1 unspecified atom stereocenters. The predicted molar refractivity (Wildman–Crippen MR) is 88.2 cm³/mol. The fraction of sp³-hybridized carbons (Fsp3) is 0.562. The highest BCUT2D eigenvalue weighted by molar-refractivity contribution is 7.99. The van der Waals surface area contributed by atoms with E-state index in [-0.39, 0.29) is 0 Å². The Bertz CT molecular complexity index is 493. The molecular formula is C16H22ClNO2S. The summed E-state index contributed by atoms with van der Waals surface area (Å²) in [5, 5.41) is 13.6. The summed E-state index contributed by atoms with van der Waals surface area (Å²) in [5.41, 5.74) is -0.754. The Hall–Kier alpha value is -0.710. The minimum Gasteiger partial charge on any atom is -0.480 e. The first kappa shape index (κ1) is 16.7. The van der Waals surface area contributed by atoms with Crippen molar-refractivity contribution >= 4 is 29.3 Å². The van der Waals surface area contributed by atoms with Crippen molar-refractivity contribution in [2.45, 2.75) is 55.5 Å². The number of hydrogen-bond acceptors (Lipinski definition) is 3. The lowest BCUT2D eigenvalue weighted by Crippen LogP contribution is -2.52. The third kappa shape index (κ3) is 4.90. The summed E-state index contributed by atoms with van der Waals surface area (Å²) >= 11 is 7.68. The van der Waals surface area contributed by atoms with E-state index < -0.39 is 11.5 Å². The van der Waals surface area contributed by atoms with Crippen LogP contribution in [0.3, 0.4) is 0 Å². The zero-order valence-electron chi connectivity index (χ0n) is 12.3. The number of benzene rings is 1. The number of halogens is 1. The van der Waals surface area contributed by atoms with E-state index in [1.807, 2.05) is 31.2 Å². The van der Waals surface area contributed by atoms with E-state index in [0.29, 0.717) is 18.9 Å². The molecule has 3 nitrogen and oxygen atoms in total. The highest BCUT2D eigenvalue weighted by Crippen LogP contribution is 2.29. The first-order valence-corrected chi connectivity index (χ1v) is 8.81. The summed E-state index contributed by atoms with van der Waals surface area (Å²) in [7, 11) is 0. The molecule has 1 saturated carbocycles. The Balaban J connectivity index is 1.82. The molecule has 116 valence electrons. The molecule has 1 aromatic rings. The van der Waals surface area contributed by atoms with Gasteiger partial charge < -0.3 is 5.11 Å². The molecular weight excluding hydrogens is 306 g/mol. The molecule has 0 aromatic heterocycles. The number of rotatable bonds is 9. The van der Waals surface area contributed by atoms with Crippen LogP contribution in [0.25, 0.3) is 0 Å². The summed E-state index contributed by atoms with van der Waals surface area (Å²) in [5.74, 6) is 0.187. The Kier molecular flexibility index (Phi) is 5.97. The van der Waals surface area contributed by atoms with Crippen LogP contribution in [0.1, 0.15) is 39.0 Å². The summed E-state index contributed by atoms with van der Waals surface area (Å²) in [6.07, 6.45) is 4.37. The van der Waals surface area contributed by atoms with Gasteiger partial charge in [-0.2, -0.15) is 0 Å². The summed E-state index contributed by atoms with van der Waals surface area (Å²) in [4.78, 5) is 12.8. The average Bonchev–Trinajstić information content (AvgIpc) is 3.26. The Morgan fingerprint density at radius 3 is 2.86 bits per heavy atom. The van der Waals surface area contributed by atoms with Gasteiger partial charge in [-0.3, -0.25) is 10.1 Å². The van der Waals surface area contributed by atoms with Crippen molar-refractivity contribution in [3.63, 3.8) is 0 Å². The normalized spacial score (nSPS) is 17.4. The van der Waals surface area contributed by atoms with E-state index >= 15 is 0 Å². The van der Waals surface area contributed by atoms with Gasteiger partial charge in [0, 0.05) is 16.0 Å². The lowest BCUT2D eigenvalue weighted by atomic mass is 9.90. The van der Waals surface area contributed by atoms with Crippen LogP contribution in [0.5, 0.6) is 0 Å². The fourth-order valence-electron chi connectivity index (χ4n) is 2.41. The van der Waals surface area contributed by atoms with Crippen molar-refractivity contribution in [1.29, 1.82) is 0 Å². The molecule has 1 aliphatic carbocycles. The van der Waals surface area contributed by atoms with Gasteiger partial charge in [0.05, 0.1) is 0 Å². The first-order valence-electron chi connectivity index (χ1n) is 7.45. The van der Waals surface area contributed by atoms with Gasteiger partial charge in [0.1, 0.15) is 5.54 Å². The van der Waals surface area contributed by atoms with E-state index in [4.69, 9.17) is 11.6 Å². The highest BCUT2D eigenvalue weighted by Gasteiger charge is 2.40. The van der Waals surface area contributed by atoms with Crippen molar-refractivity contribution in [2.24, 2.45) is 0 Å². The van der Waals surface area contributed by atoms with Gasteiger partial charge >= 0.3 is 5.97 Å². The van der Waals surface area contributed by atoms with E-state index in [1.165, 1.54) is 0 Å². The maximum absolute atomic E-state index is 11.6. The number of nitrogens with one attached hydrogen (secondary N) is 1. The molecule has 1 fully saturated rings. The zero-order chi connectivity index (χ0) is 15.3. The molecule has 0 heterocycles. The zero-order valence-corrected chi connectivity index (χ0v) is 13.8. The second-order valence-electron chi connectivity index (χ2n) is 5.57. The van der Waals surface area contributed by atoms with E-state index in [1.54, 1.807) is 11.8 Å². The molecule has 0 aliphatic heterocycles. The first-order chi connectivity index (χ1) is 10.1. The van der Waals surface area contributed by atoms with Gasteiger partial charge in [-0.15, -0.1) is 11.8 Å². The largest absolute Gasteiger partial charge is 0.480 e. The number of aliphatic carboxylic acids is 1. The minimum atomic E-state index is -0.754. The molecule has 1 aliphatic rings. The minimum absolute atomic E-state index is 0.404. The summed E-state index contributed by atoms with van der Waals surface area (Å²) < 4.78 is 0. The van der Waals surface area contributed by atoms with Crippen LogP contribution >= 0.6 is 23.4 Å². The molecule has 2 rings (SSSR count).